The minimum Gasteiger partial charge on any atom is -0.504 e. The summed E-state index contributed by atoms with van der Waals surface area (Å²) in [4.78, 5) is 22.3. The van der Waals surface area contributed by atoms with E-state index in [4.69, 9.17) is 10.5 Å². The molecule has 1 rings (SSSR count). The van der Waals surface area contributed by atoms with Gasteiger partial charge in [-0.2, -0.15) is 0 Å². The first-order valence-electron chi connectivity index (χ1n) is 5.52. The van der Waals surface area contributed by atoms with E-state index in [1.165, 1.54) is 26.3 Å². The molecule has 0 fully saturated rings. The molecule has 0 aliphatic heterocycles. The second-order valence-corrected chi connectivity index (χ2v) is 3.78. The first-order chi connectivity index (χ1) is 8.97. The number of hydrogen-bond acceptors (Lipinski definition) is 6. The van der Waals surface area contributed by atoms with Crippen LogP contribution in [0.4, 0.5) is 4.79 Å². The lowest BCUT2D eigenvalue weighted by atomic mass is 10.1. The van der Waals surface area contributed by atoms with Gasteiger partial charge >= 0.3 is 12.1 Å². The number of methoxy groups -OCH3 is 1. The Labute approximate surface area is 122 Å². The number of carbonyl (C=O) groups excluding carboxylic acids is 2. The van der Waals surface area contributed by atoms with Crippen molar-refractivity contribution < 1.29 is 24.2 Å². The number of nitrogens with two attached hydrogens (primary N) is 1. The van der Waals surface area contributed by atoms with Crippen molar-refractivity contribution in [2.24, 2.45) is 5.73 Å². The second-order valence-electron chi connectivity index (χ2n) is 3.78. The van der Waals surface area contributed by atoms with Crippen LogP contribution in [0.1, 0.15) is 5.56 Å². The Morgan fingerprint density at radius 2 is 2.10 bits per heavy atom. The maximum atomic E-state index is 11.2. The Balaban J connectivity index is 0.00000361. The van der Waals surface area contributed by atoms with Crippen molar-refractivity contribution in [2.75, 3.05) is 14.2 Å². The number of rotatable bonds is 4. The average molecular weight is 305 g/mol. The van der Waals surface area contributed by atoms with Crippen LogP contribution in [-0.2, 0) is 16.0 Å². The van der Waals surface area contributed by atoms with Gasteiger partial charge in [0.15, 0.2) is 11.5 Å². The van der Waals surface area contributed by atoms with Crippen molar-refractivity contribution in [2.45, 2.75) is 12.5 Å². The van der Waals surface area contributed by atoms with Gasteiger partial charge in [-0.15, -0.1) is 12.4 Å². The predicted octanol–water partition coefficient (Wildman–Crippen LogP) is 0.575. The van der Waals surface area contributed by atoms with Gasteiger partial charge in [-0.1, -0.05) is 6.07 Å². The van der Waals surface area contributed by atoms with E-state index in [2.05, 4.69) is 10.1 Å². The van der Waals surface area contributed by atoms with Crippen LogP contribution < -0.4 is 15.8 Å². The van der Waals surface area contributed by atoms with Gasteiger partial charge in [-0.3, -0.25) is 4.79 Å². The number of phenolic OH excluding ortho intramolecular Hbond substituents is 1. The Morgan fingerprint density at radius 1 is 1.45 bits per heavy atom. The summed E-state index contributed by atoms with van der Waals surface area (Å²) < 4.78 is 9.36. The van der Waals surface area contributed by atoms with E-state index in [0.717, 1.165) is 0 Å². The number of carbonyl (C=O) groups is 2. The molecule has 0 saturated carbocycles. The van der Waals surface area contributed by atoms with Crippen LogP contribution in [0.2, 0.25) is 0 Å². The molecule has 8 heteroatoms. The molecule has 0 heterocycles. The number of phenols is 1. The van der Waals surface area contributed by atoms with Crippen LogP contribution in [0.3, 0.4) is 0 Å². The fourth-order valence-corrected chi connectivity index (χ4v) is 1.41. The first kappa shape index (κ1) is 18.0. The van der Waals surface area contributed by atoms with Gasteiger partial charge in [0.05, 0.1) is 7.11 Å². The summed E-state index contributed by atoms with van der Waals surface area (Å²) >= 11 is 0. The zero-order chi connectivity index (χ0) is 14.4. The van der Waals surface area contributed by atoms with Crippen molar-refractivity contribution in [1.82, 2.24) is 5.32 Å². The molecule has 7 nitrogen and oxygen atoms in total. The standard InChI is InChI=1S/C12H16N2O5.ClH/c1-14-12(17)19-10-6-7(3-4-9(10)15)5-8(13)11(16)18-2;/h3-4,6,8,15H,5,13H2,1-2H3,(H,14,17);1H. The SMILES string of the molecule is CNC(=O)Oc1cc(CC(N)C(=O)OC)ccc1O.Cl. The minimum atomic E-state index is -0.817. The predicted molar refractivity (Wildman–Crippen MR) is 74.1 cm³/mol. The summed E-state index contributed by atoms with van der Waals surface area (Å²) in [5, 5.41) is 11.8. The van der Waals surface area contributed by atoms with E-state index in [9.17, 15) is 14.7 Å². The number of nitrogens with one attached hydrogen (secondary N) is 1. The molecule has 1 aromatic rings. The fraction of sp³-hybridized carbons (Fsp3) is 0.333. The van der Waals surface area contributed by atoms with Crippen LogP contribution >= 0.6 is 12.4 Å². The lowest BCUT2D eigenvalue weighted by molar-refractivity contribution is -0.142. The van der Waals surface area contributed by atoms with Crippen molar-refractivity contribution in [3.63, 3.8) is 0 Å². The monoisotopic (exact) mass is 304 g/mol. The van der Waals surface area contributed by atoms with E-state index >= 15 is 0 Å². The lowest BCUT2D eigenvalue weighted by Gasteiger charge is -2.11. The van der Waals surface area contributed by atoms with Gasteiger partial charge < -0.3 is 25.6 Å². The molecule has 1 unspecified atom stereocenters. The van der Waals surface area contributed by atoms with Crippen molar-refractivity contribution in [1.29, 1.82) is 0 Å². The van der Waals surface area contributed by atoms with Crippen molar-refractivity contribution >= 4 is 24.5 Å². The van der Waals surface area contributed by atoms with Crippen LogP contribution in [0, 0.1) is 0 Å². The molecular formula is C12H17ClN2O5. The number of halogens is 1. The molecule has 1 aromatic carbocycles. The van der Waals surface area contributed by atoms with Crippen LogP contribution in [-0.4, -0.2) is 37.4 Å². The zero-order valence-electron chi connectivity index (χ0n) is 11.1. The number of aromatic hydroxyl groups is 1. The molecule has 0 saturated heterocycles. The molecule has 112 valence electrons. The molecule has 20 heavy (non-hydrogen) atoms. The van der Waals surface area contributed by atoms with E-state index in [-0.39, 0.29) is 30.3 Å². The van der Waals surface area contributed by atoms with Gasteiger partial charge in [-0.05, 0) is 24.1 Å². The molecule has 1 amide bonds. The Morgan fingerprint density at radius 3 is 2.65 bits per heavy atom. The summed E-state index contributed by atoms with van der Waals surface area (Å²) in [5.41, 5.74) is 6.25. The van der Waals surface area contributed by atoms with Gasteiger partial charge in [0.1, 0.15) is 6.04 Å². The van der Waals surface area contributed by atoms with Gasteiger partial charge in [0.25, 0.3) is 0 Å². The number of amides is 1. The third kappa shape index (κ3) is 4.94. The third-order valence-electron chi connectivity index (χ3n) is 2.39. The highest BCUT2D eigenvalue weighted by atomic mass is 35.5. The van der Waals surface area contributed by atoms with E-state index in [1.807, 2.05) is 0 Å². The fourth-order valence-electron chi connectivity index (χ4n) is 1.41. The highest BCUT2D eigenvalue weighted by molar-refractivity contribution is 5.85. The highest BCUT2D eigenvalue weighted by Gasteiger charge is 2.16. The van der Waals surface area contributed by atoms with Gasteiger partial charge in [0, 0.05) is 7.05 Å². The average Bonchev–Trinajstić information content (AvgIpc) is 2.41. The highest BCUT2D eigenvalue weighted by Crippen LogP contribution is 2.27. The molecular weight excluding hydrogens is 288 g/mol. The molecule has 0 radical (unpaired) electrons. The maximum absolute atomic E-state index is 11.2. The minimum absolute atomic E-state index is 0. The Hall–Kier alpha value is -1.99. The summed E-state index contributed by atoms with van der Waals surface area (Å²) in [6.07, 6.45) is -0.499. The molecule has 0 aromatic heterocycles. The topological polar surface area (TPSA) is 111 Å². The van der Waals surface area contributed by atoms with E-state index in [0.29, 0.717) is 5.56 Å². The number of hydrogen-bond donors (Lipinski definition) is 3. The smallest absolute Gasteiger partial charge is 0.412 e. The molecule has 4 N–H and O–H groups in total. The molecule has 0 spiro atoms. The second kappa shape index (κ2) is 8.23. The third-order valence-corrected chi connectivity index (χ3v) is 2.39. The molecule has 1 atom stereocenters. The summed E-state index contributed by atoms with van der Waals surface area (Å²) in [7, 11) is 2.65. The first-order valence-corrected chi connectivity index (χ1v) is 5.52. The van der Waals surface area contributed by atoms with Crippen molar-refractivity contribution in [3.05, 3.63) is 23.8 Å². The van der Waals surface area contributed by atoms with Crippen LogP contribution in [0.15, 0.2) is 18.2 Å². The van der Waals surface area contributed by atoms with Crippen molar-refractivity contribution in [3.8, 4) is 11.5 Å². The summed E-state index contributed by atoms with van der Waals surface area (Å²) in [6, 6.07) is 3.56. The zero-order valence-corrected chi connectivity index (χ0v) is 11.9. The van der Waals surface area contributed by atoms with Crippen LogP contribution in [0.5, 0.6) is 11.5 Å². The van der Waals surface area contributed by atoms with Gasteiger partial charge in [0.2, 0.25) is 0 Å². The largest absolute Gasteiger partial charge is 0.504 e. The number of ether oxygens (including phenoxy) is 2. The number of esters is 1. The maximum Gasteiger partial charge on any atom is 0.412 e. The molecule has 0 bridgehead atoms. The Kier molecular flexibility index (Phi) is 7.42. The van der Waals surface area contributed by atoms with Gasteiger partial charge in [-0.25, -0.2) is 4.79 Å². The molecule has 0 aliphatic rings. The summed E-state index contributed by atoms with van der Waals surface area (Å²) in [5.74, 6) is -0.727. The lowest BCUT2D eigenvalue weighted by Crippen LogP contribution is -2.33. The van der Waals surface area contributed by atoms with E-state index < -0.39 is 18.1 Å². The quantitative estimate of drug-likeness (QED) is 0.702. The number of benzene rings is 1. The van der Waals surface area contributed by atoms with E-state index in [1.54, 1.807) is 6.07 Å². The normalized spacial score (nSPS) is 10.9. The summed E-state index contributed by atoms with van der Waals surface area (Å²) in [6.45, 7) is 0. The Bertz CT molecular complexity index is 481. The van der Waals surface area contributed by atoms with Crippen LogP contribution in [0.25, 0.3) is 0 Å². The molecule has 0 aliphatic carbocycles.